The summed E-state index contributed by atoms with van der Waals surface area (Å²) >= 11 is 0. The number of unbranched alkanes of at least 4 members (excludes halogenated alkanes) is 6. The number of pyridine rings is 1. The van der Waals surface area contributed by atoms with E-state index in [-0.39, 0.29) is 0 Å². The monoisotopic (exact) mass is 541 g/mol. The Balaban J connectivity index is 0.000000195. The first-order chi connectivity index (χ1) is 20.3. The Hall–Kier alpha value is -3.65. The number of hydrogen-bond donors (Lipinski definition) is 0. The summed E-state index contributed by atoms with van der Waals surface area (Å²) in [5.74, 6) is 0. The lowest BCUT2D eigenvalue weighted by Crippen LogP contribution is -2.66. The molecule has 0 aliphatic rings. The molecule has 0 unspecified atom stereocenters. The van der Waals surface area contributed by atoms with E-state index in [4.69, 9.17) is 0 Å². The van der Waals surface area contributed by atoms with Crippen LogP contribution in [0.5, 0.6) is 0 Å². The van der Waals surface area contributed by atoms with E-state index >= 15 is 0 Å². The summed E-state index contributed by atoms with van der Waals surface area (Å²) in [4.78, 5) is 0. The van der Waals surface area contributed by atoms with Gasteiger partial charge in [-0.25, -0.2) is 0 Å². The Labute approximate surface area is 249 Å². The van der Waals surface area contributed by atoms with E-state index in [9.17, 15) is 0 Å². The SMILES string of the molecule is CCCCCCCC[n+]1cccc2ccccc21.CCCC[B-](c1ccccc1)(c1ccccc1)c1ccccc1. The summed E-state index contributed by atoms with van der Waals surface area (Å²) in [5.41, 5.74) is 5.68. The van der Waals surface area contributed by atoms with Crippen molar-refractivity contribution >= 4 is 33.4 Å². The summed E-state index contributed by atoms with van der Waals surface area (Å²) in [7, 11) is 0. The molecule has 1 nitrogen and oxygen atoms in total. The third-order valence-electron chi connectivity index (χ3n) is 8.64. The maximum Gasteiger partial charge on any atom is 0.212 e. The predicted octanol–water partition coefficient (Wildman–Crippen LogP) is 8.44. The quantitative estimate of drug-likeness (QED) is 0.0800. The van der Waals surface area contributed by atoms with E-state index in [1.54, 1.807) is 0 Å². The Kier molecular flexibility index (Phi) is 12.3. The van der Waals surface area contributed by atoms with Crippen LogP contribution in [0.1, 0.15) is 65.2 Å². The number of hydrogen-bond acceptors (Lipinski definition) is 0. The van der Waals surface area contributed by atoms with Crippen molar-refractivity contribution in [1.82, 2.24) is 0 Å². The van der Waals surface area contributed by atoms with Gasteiger partial charge in [0.25, 0.3) is 0 Å². The average Bonchev–Trinajstić information content (AvgIpc) is 3.05. The summed E-state index contributed by atoms with van der Waals surface area (Å²) in [6, 6.07) is 46.1. The van der Waals surface area contributed by atoms with Crippen LogP contribution < -0.4 is 21.0 Å². The zero-order valence-electron chi connectivity index (χ0n) is 25.3. The predicted molar refractivity (Wildman–Crippen MR) is 181 cm³/mol. The van der Waals surface area contributed by atoms with Crippen LogP contribution in [0.25, 0.3) is 10.9 Å². The smallest absolute Gasteiger partial charge is 0.200 e. The first kappa shape index (κ1) is 30.3. The minimum atomic E-state index is -0.913. The molecular formula is C39H48BN. The molecule has 0 fully saturated rings. The number of benzene rings is 4. The molecule has 5 aromatic rings. The second-order valence-corrected chi connectivity index (χ2v) is 11.4. The fraction of sp³-hybridized carbons (Fsp3) is 0.308. The molecule has 0 bridgehead atoms. The summed E-state index contributed by atoms with van der Waals surface area (Å²) in [6.07, 6.45) is 13.1. The van der Waals surface area contributed by atoms with Crippen molar-refractivity contribution < 1.29 is 4.57 Å². The van der Waals surface area contributed by atoms with Crippen LogP contribution >= 0.6 is 0 Å². The first-order valence-electron chi connectivity index (χ1n) is 16.0. The Bertz CT molecular complexity index is 1300. The van der Waals surface area contributed by atoms with Gasteiger partial charge in [0.2, 0.25) is 5.52 Å². The van der Waals surface area contributed by atoms with Gasteiger partial charge in [-0.3, -0.25) is 0 Å². The van der Waals surface area contributed by atoms with Crippen molar-refractivity contribution in [3.63, 3.8) is 0 Å². The van der Waals surface area contributed by atoms with Crippen LogP contribution in [0, 0.1) is 0 Å². The molecule has 0 aliphatic carbocycles. The summed E-state index contributed by atoms with van der Waals surface area (Å²) in [6.45, 7) is 5.70. The molecule has 0 saturated heterocycles. The van der Waals surface area contributed by atoms with E-state index < -0.39 is 6.15 Å². The second-order valence-electron chi connectivity index (χ2n) is 11.4. The minimum Gasteiger partial charge on any atom is -0.200 e. The lowest BCUT2D eigenvalue weighted by atomic mass is 9.14. The van der Waals surface area contributed by atoms with Gasteiger partial charge >= 0.3 is 0 Å². The molecule has 5 rings (SSSR count). The van der Waals surface area contributed by atoms with E-state index in [0.717, 1.165) is 6.54 Å². The Morgan fingerprint density at radius 2 is 0.927 bits per heavy atom. The number of fused-ring (bicyclic) bond motifs is 1. The van der Waals surface area contributed by atoms with Crippen LogP contribution in [-0.4, -0.2) is 6.15 Å². The van der Waals surface area contributed by atoms with Crippen molar-refractivity contribution in [2.45, 2.75) is 78.1 Å². The maximum absolute atomic E-state index is 2.38. The van der Waals surface area contributed by atoms with Crippen LogP contribution in [-0.2, 0) is 6.54 Å². The van der Waals surface area contributed by atoms with E-state index in [1.165, 1.54) is 85.0 Å². The van der Waals surface area contributed by atoms with Crippen LogP contribution in [0.3, 0.4) is 0 Å². The molecule has 2 heteroatoms. The normalized spacial score (nSPS) is 11.2. The van der Waals surface area contributed by atoms with Gasteiger partial charge in [-0.15, -0.1) is 0 Å². The third-order valence-corrected chi connectivity index (χ3v) is 8.64. The second kappa shape index (κ2) is 16.6. The highest BCUT2D eigenvalue weighted by Crippen LogP contribution is 2.16. The molecule has 0 radical (unpaired) electrons. The van der Waals surface area contributed by atoms with Crippen LogP contribution in [0.4, 0.5) is 0 Å². The topological polar surface area (TPSA) is 3.88 Å². The molecule has 41 heavy (non-hydrogen) atoms. The largest absolute Gasteiger partial charge is 0.212 e. The zero-order chi connectivity index (χ0) is 28.6. The van der Waals surface area contributed by atoms with E-state index in [0.29, 0.717) is 0 Å². The van der Waals surface area contributed by atoms with Gasteiger partial charge in [-0.1, -0.05) is 156 Å². The van der Waals surface area contributed by atoms with Gasteiger partial charge in [0, 0.05) is 23.9 Å². The lowest BCUT2D eigenvalue weighted by Gasteiger charge is -2.43. The van der Waals surface area contributed by atoms with Crippen molar-refractivity contribution in [3.8, 4) is 0 Å². The molecule has 1 aromatic heterocycles. The Morgan fingerprint density at radius 1 is 0.463 bits per heavy atom. The molecule has 0 aliphatic heterocycles. The van der Waals surface area contributed by atoms with Gasteiger partial charge < -0.3 is 0 Å². The average molecular weight is 542 g/mol. The van der Waals surface area contributed by atoms with Crippen molar-refractivity contribution in [2.24, 2.45) is 0 Å². The number of rotatable bonds is 13. The fourth-order valence-corrected chi connectivity index (χ4v) is 6.41. The number of para-hydroxylation sites is 1. The highest BCUT2D eigenvalue weighted by Gasteiger charge is 2.28. The van der Waals surface area contributed by atoms with Crippen LogP contribution in [0.2, 0.25) is 6.32 Å². The summed E-state index contributed by atoms with van der Waals surface area (Å²) in [5, 5.41) is 1.34. The zero-order valence-corrected chi connectivity index (χ0v) is 25.3. The van der Waals surface area contributed by atoms with E-state index in [1.807, 2.05) is 0 Å². The molecule has 0 atom stereocenters. The highest BCUT2D eigenvalue weighted by atomic mass is 14.9. The molecule has 0 N–H and O–H groups in total. The van der Waals surface area contributed by atoms with Gasteiger partial charge in [0.1, 0.15) is 6.54 Å². The molecule has 212 valence electrons. The maximum atomic E-state index is 2.38. The number of nitrogens with zero attached hydrogens (tertiary/aromatic N) is 1. The first-order valence-corrected chi connectivity index (χ1v) is 16.0. The summed E-state index contributed by atoms with van der Waals surface area (Å²) < 4.78 is 2.38. The molecule has 0 amide bonds. The van der Waals surface area contributed by atoms with Crippen molar-refractivity contribution in [2.75, 3.05) is 0 Å². The van der Waals surface area contributed by atoms with Crippen LogP contribution in [0.15, 0.2) is 134 Å². The molecular weight excluding hydrogens is 493 g/mol. The lowest BCUT2D eigenvalue weighted by molar-refractivity contribution is -0.671. The van der Waals surface area contributed by atoms with Gasteiger partial charge in [-0.05, 0) is 18.6 Å². The fourth-order valence-electron chi connectivity index (χ4n) is 6.41. The van der Waals surface area contributed by atoms with Gasteiger partial charge in [0.15, 0.2) is 6.20 Å². The van der Waals surface area contributed by atoms with Crippen molar-refractivity contribution in [3.05, 3.63) is 134 Å². The van der Waals surface area contributed by atoms with Crippen molar-refractivity contribution in [1.29, 1.82) is 0 Å². The number of aryl methyl sites for hydroxylation is 1. The molecule has 1 heterocycles. The molecule has 4 aromatic carbocycles. The Morgan fingerprint density at radius 3 is 1.49 bits per heavy atom. The van der Waals surface area contributed by atoms with Gasteiger partial charge in [0.05, 0.1) is 6.15 Å². The standard InChI is InChI=1S/C22H24B.C17H24N/c1-2-3-19-23(20-13-7-4-8-14-20,21-15-9-5-10-16-21)22-17-11-6-12-18-22;1-2-3-4-5-6-9-14-18-15-10-12-16-11-7-8-13-17(16)18/h4-18H,2-3,19H2,1H3;7-8,10-13,15H,2-6,9,14H2,1H3/q-1;+1. The molecule has 0 saturated carbocycles. The third kappa shape index (κ3) is 8.20. The minimum absolute atomic E-state index is 0.913. The highest BCUT2D eigenvalue weighted by molar-refractivity contribution is 7.11. The number of aromatic nitrogens is 1. The van der Waals surface area contributed by atoms with E-state index in [2.05, 4.69) is 152 Å². The molecule has 0 spiro atoms. The van der Waals surface area contributed by atoms with Gasteiger partial charge in [-0.2, -0.15) is 27.3 Å².